The molecular formula is C15H12O3. The SMILES string of the molecule is C=c1ccc(=O)cc(-c2ccc(O)c(O)c2)c1=C. The maximum Gasteiger partial charge on any atom is 0.179 e. The molecule has 2 aromatic rings. The molecule has 0 fully saturated rings. The van der Waals surface area contributed by atoms with E-state index < -0.39 is 0 Å². The summed E-state index contributed by atoms with van der Waals surface area (Å²) in [4.78, 5) is 11.6. The number of aromatic hydroxyl groups is 2. The third kappa shape index (κ3) is 2.11. The molecule has 0 aliphatic heterocycles. The highest BCUT2D eigenvalue weighted by atomic mass is 16.3. The third-order valence-corrected chi connectivity index (χ3v) is 2.73. The van der Waals surface area contributed by atoms with Gasteiger partial charge in [0, 0.05) is 0 Å². The van der Waals surface area contributed by atoms with Crippen LogP contribution in [0.25, 0.3) is 24.3 Å². The van der Waals surface area contributed by atoms with Gasteiger partial charge < -0.3 is 10.2 Å². The zero-order valence-corrected chi connectivity index (χ0v) is 9.68. The van der Waals surface area contributed by atoms with Crippen LogP contribution in [-0.2, 0) is 0 Å². The number of phenolic OH excluding ortho intramolecular Hbond substituents is 2. The second-order valence-corrected chi connectivity index (χ2v) is 4.00. The highest BCUT2D eigenvalue weighted by molar-refractivity contribution is 5.67. The van der Waals surface area contributed by atoms with E-state index in [4.69, 9.17) is 0 Å². The van der Waals surface area contributed by atoms with Gasteiger partial charge in [-0.05, 0) is 45.8 Å². The highest BCUT2D eigenvalue weighted by Crippen LogP contribution is 2.28. The van der Waals surface area contributed by atoms with E-state index in [0.29, 0.717) is 21.6 Å². The average molecular weight is 240 g/mol. The first kappa shape index (κ1) is 11.9. The molecule has 3 heteroatoms. The minimum Gasteiger partial charge on any atom is -0.504 e. The largest absolute Gasteiger partial charge is 0.504 e. The van der Waals surface area contributed by atoms with E-state index in [1.807, 2.05) is 0 Å². The molecule has 0 amide bonds. The number of hydrogen-bond acceptors (Lipinski definition) is 3. The maximum atomic E-state index is 11.6. The summed E-state index contributed by atoms with van der Waals surface area (Å²) in [6, 6.07) is 8.82. The fourth-order valence-corrected chi connectivity index (χ4v) is 1.68. The summed E-state index contributed by atoms with van der Waals surface area (Å²) in [6.45, 7) is 7.70. The molecule has 3 nitrogen and oxygen atoms in total. The molecule has 0 spiro atoms. The van der Waals surface area contributed by atoms with Gasteiger partial charge in [0.25, 0.3) is 0 Å². The Hall–Kier alpha value is -2.55. The summed E-state index contributed by atoms with van der Waals surface area (Å²) in [5, 5.41) is 20.0. The normalized spacial score (nSPS) is 10.2. The summed E-state index contributed by atoms with van der Waals surface area (Å²) in [5.41, 5.74) is 1.02. The quantitative estimate of drug-likeness (QED) is 0.729. The summed E-state index contributed by atoms with van der Waals surface area (Å²) >= 11 is 0. The van der Waals surface area contributed by atoms with E-state index in [1.54, 1.807) is 12.1 Å². The van der Waals surface area contributed by atoms with Crippen LogP contribution in [0.4, 0.5) is 0 Å². The average Bonchev–Trinajstić information content (AvgIpc) is 2.46. The van der Waals surface area contributed by atoms with Crippen molar-refractivity contribution in [2.24, 2.45) is 0 Å². The molecule has 18 heavy (non-hydrogen) atoms. The van der Waals surface area contributed by atoms with E-state index in [-0.39, 0.29) is 16.9 Å². The topological polar surface area (TPSA) is 57.5 Å². The lowest BCUT2D eigenvalue weighted by atomic mass is 10.0. The molecule has 0 heterocycles. The van der Waals surface area contributed by atoms with Crippen molar-refractivity contribution in [1.82, 2.24) is 0 Å². The molecule has 0 radical (unpaired) electrons. The van der Waals surface area contributed by atoms with E-state index >= 15 is 0 Å². The summed E-state index contributed by atoms with van der Waals surface area (Å²) in [5.74, 6) is -0.446. The molecule has 0 atom stereocenters. The van der Waals surface area contributed by atoms with Crippen molar-refractivity contribution >= 4 is 13.2 Å². The first-order valence-electron chi connectivity index (χ1n) is 5.33. The molecule has 0 unspecified atom stereocenters. The Balaban J connectivity index is 2.84. The van der Waals surface area contributed by atoms with Gasteiger partial charge >= 0.3 is 0 Å². The van der Waals surface area contributed by atoms with Crippen molar-refractivity contribution in [3.63, 3.8) is 0 Å². The number of phenols is 2. The predicted octanol–water partition coefficient (Wildman–Crippen LogP) is 0.946. The van der Waals surface area contributed by atoms with E-state index in [9.17, 15) is 15.0 Å². The van der Waals surface area contributed by atoms with Gasteiger partial charge in [0.2, 0.25) is 0 Å². The molecule has 90 valence electrons. The molecule has 0 aliphatic carbocycles. The molecule has 2 aromatic carbocycles. The first-order chi connectivity index (χ1) is 8.49. The molecule has 0 aliphatic rings. The van der Waals surface area contributed by atoms with Crippen molar-refractivity contribution in [1.29, 1.82) is 0 Å². The van der Waals surface area contributed by atoms with Crippen LogP contribution in [0.5, 0.6) is 11.5 Å². The van der Waals surface area contributed by atoms with Crippen LogP contribution < -0.4 is 15.9 Å². The number of benzene rings is 1. The highest BCUT2D eigenvalue weighted by Gasteiger charge is 2.04. The van der Waals surface area contributed by atoms with Crippen LogP contribution in [0, 0.1) is 0 Å². The first-order valence-corrected chi connectivity index (χ1v) is 5.33. The maximum absolute atomic E-state index is 11.6. The smallest absolute Gasteiger partial charge is 0.179 e. The van der Waals surface area contributed by atoms with E-state index in [2.05, 4.69) is 13.2 Å². The standard InChI is InChI=1S/C15H12O3/c1-9-3-5-12(16)8-13(10(9)2)11-4-6-14(17)15(18)7-11/h3-8,17-18H,1-2H2. The van der Waals surface area contributed by atoms with Gasteiger partial charge in [0.15, 0.2) is 16.9 Å². The van der Waals surface area contributed by atoms with Gasteiger partial charge in [0.05, 0.1) is 0 Å². The van der Waals surface area contributed by atoms with Gasteiger partial charge in [-0.2, -0.15) is 0 Å². The lowest BCUT2D eigenvalue weighted by Crippen LogP contribution is -2.20. The molecular weight excluding hydrogens is 228 g/mol. The molecule has 0 saturated carbocycles. The summed E-state index contributed by atoms with van der Waals surface area (Å²) in [6.07, 6.45) is 0. The minimum atomic E-state index is -0.239. The van der Waals surface area contributed by atoms with Gasteiger partial charge in [-0.1, -0.05) is 25.3 Å². The van der Waals surface area contributed by atoms with Gasteiger partial charge in [0.1, 0.15) is 0 Å². The fourth-order valence-electron chi connectivity index (χ4n) is 1.68. The Morgan fingerprint density at radius 3 is 2.28 bits per heavy atom. The number of rotatable bonds is 1. The Kier molecular flexibility index (Phi) is 2.90. The lowest BCUT2D eigenvalue weighted by molar-refractivity contribution is 0.404. The lowest BCUT2D eigenvalue weighted by Gasteiger charge is -2.02. The third-order valence-electron chi connectivity index (χ3n) is 2.73. The minimum absolute atomic E-state index is 0.169. The fraction of sp³-hybridized carbons (Fsp3) is 0. The van der Waals surface area contributed by atoms with Crippen LogP contribution in [0.1, 0.15) is 0 Å². The molecule has 0 aromatic heterocycles. The zero-order valence-electron chi connectivity index (χ0n) is 9.68. The van der Waals surface area contributed by atoms with Crippen molar-refractivity contribution in [3.05, 3.63) is 57.1 Å². The summed E-state index contributed by atoms with van der Waals surface area (Å²) < 4.78 is 0. The van der Waals surface area contributed by atoms with Gasteiger partial charge in [-0.15, -0.1) is 0 Å². The van der Waals surface area contributed by atoms with Crippen LogP contribution in [0.2, 0.25) is 0 Å². The monoisotopic (exact) mass is 240 g/mol. The van der Waals surface area contributed by atoms with Gasteiger partial charge in [-0.25, -0.2) is 0 Å². The van der Waals surface area contributed by atoms with Crippen LogP contribution in [0.15, 0.2) is 41.2 Å². The van der Waals surface area contributed by atoms with Gasteiger partial charge in [-0.3, -0.25) is 4.79 Å². The van der Waals surface area contributed by atoms with Crippen molar-refractivity contribution in [3.8, 4) is 22.6 Å². The van der Waals surface area contributed by atoms with Crippen molar-refractivity contribution in [2.45, 2.75) is 0 Å². The Morgan fingerprint density at radius 2 is 1.61 bits per heavy atom. The molecule has 0 bridgehead atoms. The van der Waals surface area contributed by atoms with Crippen LogP contribution in [0.3, 0.4) is 0 Å². The summed E-state index contributed by atoms with van der Waals surface area (Å²) in [7, 11) is 0. The second kappa shape index (κ2) is 4.37. The predicted molar refractivity (Wildman–Crippen MR) is 71.8 cm³/mol. The van der Waals surface area contributed by atoms with Crippen LogP contribution >= 0.6 is 0 Å². The van der Waals surface area contributed by atoms with Crippen molar-refractivity contribution < 1.29 is 10.2 Å². The Labute approximate surface area is 104 Å². The van der Waals surface area contributed by atoms with Crippen molar-refractivity contribution in [2.75, 3.05) is 0 Å². The Bertz CT molecular complexity index is 764. The zero-order chi connectivity index (χ0) is 13.3. The number of hydrogen-bond donors (Lipinski definition) is 2. The van der Waals surface area contributed by atoms with E-state index in [0.717, 1.165) is 0 Å². The molecule has 2 N–H and O–H groups in total. The second-order valence-electron chi connectivity index (χ2n) is 4.00. The van der Waals surface area contributed by atoms with E-state index in [1.165, 1.54) is 24.3 Å². The Morgan fingerprint density at radius 1 is 0.889 bits per heavy atom. The molecule has 0 saturated heterocycles. The van der Waals surface area contributed by atoms with Crippen LogP contribution in [-0.4, -0.2) is 10.2 Å². The molecule has 2 rings (SSSR count).